The molecule has 8 N–H and O–H groups in total. The average molecular weight is 1130 g/mol. The van der Waals surface area contributed by atoms with Gasteiger partial charge in [0, 0.05) is 66.2 Å². The summed E-state index contributed by atoms with van der Waals surface area (Å²) in [5, 5.41) is 24.9. The van der Waals surface area contributed by atoms with E-state index in [1.807, 2.05) is 30.0 Å². The lowest BCUT2D eigenvalue weighted by Gasteiger charge is -2.50. The van der Waals surface area contributed by atoms with Crippen LogP contribution in [0.5, 0.6) is 0 Å². The van der Waals surface area contributed by atoms with E-state index < -0.39 is 17.9 Å². The second-order valence-electron chi connectivity index (χ2n) is 21.1. The van der Waals surface area contributed by atoms with Crippen LogP contribution in [0.15, 0.2) is 84.9 Å². The van der Waals surface area contributed by atoms with Crippen LogP contribution in [0.25, 0.3) is 0 Å². The maximum Gasteiger partial charge on any atom is 0.335 e. The van der Waals surface area contributed by atoms with Crippen molar-refractivity contribution >= 4 is 47.4 Å². The van der Waals surface area contributed by atoms with Crippen molar-refractivity contribution in [3.63, 3.8) is 0 Å². The van der Waals surface area contributed by atoms with Crippen molar-refractivity contribution in [3.05, 3.63) is 141 Å². The maximum atomic E-state index is 13.6. The third-order valence-corrected chi connectivity index (χ3v) is 17.4. The Hall–Kier alpha value is -6.39. The summed E-state index contributed by atoms with van der Waals surface area (Å²) in [6.45, 7) is 5.07. The topological polar surface area (TPSA) is 264 Å². The summed E-state index contributed by atoms with van der Waals surface area (Å²) in [5.74, 6) is -1.41. The molecule has 0 radical (unpaired) electrons. The molecule has 12 rings (SSSR count). The Labute approximate surface area is 477 Å². The summed E-state index contributed by atoms with van der Waals surface area (Å²) in [4.78, 5) is 74.1. The van der Waals surface area contributed by atoms with Crippen molar-refractivity contribution in [2.75, 3.05) is 98.1 Å². The number of carboxylic acids is 1. The van der Waals surface area contributed by atoms with Crippen LogP contribution >= 0.6 is 11.8 Å². The first-order valence-electron chi connectivity index (χ1n) is 28.5. The van der Waals surface area contributed by atoms with Gasteiger partial charge in [0.15, 0.2) is 0 Å². The zero-order valence-electron chi connectivity index (χ0n) is 45.8. The molecule has 2 saturated heterocycles. The highest BCUT2D eigenvalue weighted by Crippen LogP contribution is 2.64. The Bertz CT molecular complexity index is 2840. The lowest BCUT2D eigenvalue weighted by molar-refractivity contribution is -0.128. The van der Waals surface area contributed by atoms with Gasteiger partial charge >= 0.3 is 12.0 Å². The predicted octanol–water partition coefficient (Wildman–Crippen LogP) is 5.45. The number of thioether (sulfide) groups is 1. The van der Waals surface area contributed by atoms with Gasteiger partial charge in [-0.3, -0.25) is 19.2 Å². The average Bonchev–Trinajstić information content (AvgIpc) is 1.94. The van der Waals surface area contributed by atoms with Crippen LogP contribution in [0.4, 0.5) is 4.79 Å². The Kier molecular flexibility index (Phi) is 21.6. The van der Waals surface area contributed by atoms with E-state index in [-0.39, 0.29) is 78.1 Å². The lowest BCUT2D eigenvalue weighted by atomic mass is 9.53. The van der Waals surface area contributed by atoms with E-state index >= 15 is 0 Å². The number of unbranched alkanes of at least 4 members (excludes halogenated alkanes) is 2. The number of carbonyl (C=O) groups excluding carboxylic acids is 5. The SMILES string of the molecule is NC(=O)C(CCCCNC(=O)CCCCC1SCC2NC(=O)NC21)NC(=O)CCOCCOCCOCCOCCOCCOCCNC(=O)c1ccc2c(c1)C1c3ccccc3C2C2c3ccccc3C1c1ccc(C(=O)O)cc12. The van der Waals surface area contributed by atoms with Gasteiger partial charge in [0.2, 0.25) is 17.7 Å². The molecule has 0 aromatic heterocycles. The number of carboxylic acid groups (broad SMARTS) is 1. The monoisotopic (exact) mass is 1130 g/mol. The fourth-order valence-electron chi connectivity index (χ4n) is 12.1. The summed E-state index contributed by atoms with van der Waals surface area (Å²) in [5.41, 5.74) is 15.9. The molecule has 4 bridgehead atoms. The molecule has 2 heterocycles. The number of fused-ring (bicyclic) bond motifs is 1. The summed E-state index contributed by atoms with van der Waals surface area (Å²) in [6.07, 6.45) is 4.81. The second kappa shape index (κ2) is 29.5. The Morgan fingerprint density at radius 3 is 1.62 bits per heavy atom. The van der Waals surface area contributed by atoms with E-state index in [1.54, 1.807) is 6.07 Å². The van der Waals surface area contributed by atoms with E-state index in [0.29, 0.717) is 122 Å². The smallest absolute Gasteiger partial charge is 0.335 e. The molecule has 2 aliphatic heterocycles. The van der Waals surface area contributed by atoms with Crippen LogP contribution in [-0.4, -0.2) is 162 Å². The summed E-state index contributed by atoms with van der Waals surface area (Å²) in [7, 11) is 0. The quantitative estimate of drug-likeness (QED) is 0.0223. The van der Waals surface area contributed by atoms with Gasteiger partial charge in [-0.15, -0.1) is 0 Å². The highest BCUT2D eigenvalue weighted by Gasteiger charge is 2.50. The minimum absolute atomic E-state index is 0.00965. The predicted molar refractivity (Wildman–Crippen MR) is 304 cm³/mol. The van der Waals surface area contributed by atoms with E-state index in [1.165, 1.54) is 27.8 Å². The van der Waals surface area contributed by atoms with Crippen LogP contribution in [-0.2, 0) is 42.8 Å². The highest BCUT2D eigenvalue weighted by molar-refractivity contribution is 8.00. The lowest BCUT2D eigenvalue weighted by Crippen LogP contribution is -2.44. The molecule has 8 aliphatic rings. The molecule has 20 heteroatoms. The molecule has 2 fully saturated rings. The van der Waals surface area contributed by atoms with Gasteiger partial charge in [0.25, 0.3) is 5.91 Å². The van der Waals surface area contributed by atoms with Crippen molar-refractivity contribution in [2.45, 2.75) is 98.4 Å². The van der Waals surface area contributed by atoms with Crippen molar-refractivity contribution in [3.8, 4) is 0 Å². The summed E-state index contributed by atoms with van der Waals surface area (Å²) < 4.78 is 33.6. The van der Waals surface area contributed by atoms with Gasteiger partial charge in [-0.1, -0.05) is 67.1 Å². The van der Waals surface area contributed by atoms with Gasteiger partial charge < -0.3 is 65.8 Å². The zero-order chi connectivity index (χ0) is 56.5. The van der Waals surface area contributed by atoms with Crippen molar-refractivity contribution < 1.29 is 62.3 Å². The van der Waals surface area contributed by atoms with Gasteiger partial charge in [0.1, 0.15) is 6.04 Å². The van der Waals surface area contributed by atoms with Crippen LogP contribution in [0.2, 0.25) is 0 Å². The van der Waals surface area contributed by atoms with E-state index in [2.05, 4.69) is 87.2 Å². The summed E-state index contributed by atoms with van der Waals surface area (Å²) >= 11 is 1.87. The van der Waals surface area contributed by atoms with Crippen LogP contribution < -0.4 is 32.3 Å². The minimum Gasteiger partial charge on any atom is -0.478 e. The number of nitrogens with one attached hydrogen (secondary N) is 5. The van der Waals surface area contributed by atoms with Gasteiger partial charge in [-0.05, 0) is 101 Å². The number of rotatable bonds is 35. The molecule has 19 nitrogen and oxygen atoms in total. The molecule has 6 aliphatic carbocycles. The molecular formula is C61H76N6O13S. The molecule has 4 aromatic carbocycles. The first kappa shape index (κ1) is 59.2. The Morgan fingerprint density at radius 1 is 0.556 bits per heavy atom. The van der Waals surface area contributed by atoms with Crippen LogP contribution in [0, 0.1) is 0 Å². The zero-order valence-corrected chi connectivity index (χ0v) is 46.6. The third-order valence-electron chi connectivity index (χ3n) is 15.9. The first-order valence-corrected chi connectivity index (χ1v) is 29.6. The Balaban J connectivity index is 0.553. The highest BCUT2D eigenvalue weighted by atomic mass is 32.2. The summed E-state index contributed by atoms with van der Waals surface area (Å²) in [6, 6.07) is 28.3. The van der Waals surface area contributed by atoms with E-state index in [4.69, 9.17) is 34.2 Å². The minimum atomic E-state index is -0.936. The maximum absolute atomic E-state index is 13.6. The molecule has 8 atom stereocenters. The molecule has 4 aromatic rings. The number of primary amides is 1. The van der Waals surface area contributed by atoms with Crippen LogP contribution in [0.1, 0.15) is 140 Å². The van der Waals surface area contributed by atoms with E-state index in [9.17, 15) is 33.9 Å². The fourth-order valence-corrected chi connectivity index (χ4v) is 13.7. The number of benzene rings is 4. The van der Waals surface area contributed by atoms with Crippen molar-refractivity contribution in [1.82, 2.24) is 26.6 Å². The number of hydrogen-bond acceptors (Lipinski definition) is 13. The van der Waals surface area contributed by atoms with E-state index in [0.717, 1.165) is 41.7 Å². The molecule has 6 amide bonds. The number of carbonyl (C=O) groups is 6. The van der Waals surface area contributed by atoms with Crippen molar-refractivity contribution in [2.24, 2.45) is 5.73 Å². The number of hydrogen-bond donors (Lipinski definition) is 7. The molecule has 8 unspecified atom stereocenters. The number of amides is 6. The number of ether oxygens (including phenoxy) is 6. The van der Waals surface area contributed by atoms with Gasteiger partial charge in [0.05, 0.1) is 96.9 Å². The first-order chi connectivity index (χ1) is 39.6. The molecule has 81 heavy (non-hydrogen) atoms. The molecule has 434 valence electrons. The standard InChI is InChI=1S/C61H76N6O13S/c62-58(70)48(13-7-8-21-63-51(68)15-6-5-14-50-57-49(37-81-50)66-61(74)67-57)65-52(69)20-23-75-25-27-77-29-31-79-33-34-80-32-30-78-28-26-76-24-22-64-59(71)38-16-18-44-46(35-38)55-42-11-3-1-9-40(42)53(44)56-43-12-4-2-10-41(43)54(55)45-19-17-39(60(72)73)36-47(45)56/h1-4,9-12,16-19,35-36,48-50,53-57H,5-8,13-15,20-34,37H2,(H2,62,70)(H,63,68)(H,64,71)(H,65,69)(H,72,73)(H2,66,67,74). The normalized spacial score (nSPS) is 20.8. The molecule has 0 spiro atoms. The van der Waals surface area contributed by atoms with Crippen LogP contribution in [0.3, 0.4) is 0 Å². The number of nitrogens with two attached hydrogens (primary N) is 1. The molecule has 0 saturated carbocycles. The van der Waals surface area contributed by atoms with Gasteiger partial charge in [-0.2, -0.15) is 11.8 Å². The molecular weight excluding hydrogens is 1060 g/mol. The third kappa shape index (κ3) is 15.2. The number of urea groups is 1. The van der Waals surface area contributed by atoms with Gasteiger partial charge in [-0.25, -0.2) is 9.59 Å². The largest absolute Gasteiger partial charge is 0.478 e. The Morgan fingerprint density at radius 2 is 1.06 bits per heavy atom. The van der Waals surface area contributed by atoms with Crippen molar-refractivity contribution in [1.29, 1.82) is 0 Å². The second-order valence-corrected chi connectivity index (χ2v) is 22.3. The number of aromatic carboxylic acids is 1. The fraction of sp³-hybridized carbons (Fsp3) is 0.508.